The smallest absolute Gasteiger partial charge is 0.254 e. The average molecular weight is 325 g/mol. The zero-order valence-electron chi connectivity index (χ0n) is 14.2. The number of aryl methyl sites for hydroxylation is 3. The van der Waals surface area contributed by atoms with Crippen LogP contribution in [0.3, 0.4) is 0 Å². The van der Waals surface area contributed by atoms with Gasteiger partial charge in [0, 0.05) is 11.8 Å². The molecule has 0 aliphatic heterocycles. The molecule has 3 rings (SSSR count). The largest absolute Gasteiger partial charge is 0.349 e. The third kappa shape index (κ3) is 3.72. The number of amides is 1. The number of hydrogen-bond acceptors (Lipinski definition) is 3. The van der Waals surface area contributed by atoms with Gasteiger partial charge in [0.2, 0.25) is 5.91 Å². The van der Waals surface area contributed by atoms with Crippen LogP contribution in [0.15, 0.2) is 29.2 Å². The van der Waals surface area contributed by atoms with Crippen LogP contribution in [0.25, 0.3) is 0 Å². The second-order valence-corrected chi connectivity index (χ2v) is 6.52. The normalized spacial score (nSPS) is 14.8. The summed E-state index contributed by atoms with van der Waals surface area (Å²) in [5.74, 6) is 0.378. The van der Waals surface area contributed by atoms with Gasteiger partial charge in [0.25, 0.3) is 5.56 Å². The monoisotopic (exact) mass is 325 g/mol. The second-order valence-electron chi connectivity index (χ2n) is 6.52. The van der Waals surface area contributed by atoms with Gasteiger partial charge in [-0.1, -0.05) is 18.2 Å². The van der Waals surface area contributed by atoms with E-state index in [0.29, 0.717) is 11.4 Å². The Morgan fingerprint density at radius 3 is 2.79 bits per heavy atom. The molecule has 1 unspecified atom stereocenters. The predicted molar refractivity (Wildman–Crippen MR) is 92.9 cm³/mol. The fraction of sp³-hybridized carbons (Fsp3) is 0.421. The first-order valence-electron chi connectivity index (χ1n) is 8.49. The Balaban J connectivity index is 1.66. The van der Waals surface area contributed by atoms with Crippen molar-refractivity contribution in [3.63, 3.8) is 0 Å². The number of aromatic nitrogens is 2. The minimum atomic E-state index is -0.251. The van der Waals surface area contributed by atoms with Gasteiger partial charge in [-0.25, -0.2) is 4.98 Å². The zero-order valence-corrected chi connectivity index (χ0v) is 14.2. The molecule has 2 aromatic rings. The van der Waals surface area contributed by atoms with Crippen LogP contribution in [0.2, 0.25) is 0 Å². The first kappa shape index (κ1) is 16.4. The van der Waals surface area contributed by atoms with Crippen molar-refractivity contribution in [3.05, 3.63) is 62.8 Å². The number of aromatic amines is 1. The minimum absolute atomic E-state index is 0.0396. The van der Waals surface area contributed by atoms with Gasteiger partial charge >= 0.3 is 0 Å². The van der Waals surface area contributed by atoms with E-state index in [0.717, 1.165) is 18.4 Å². The summed E-state index contributed by atoms with van der Waals surface area (Å²) < 4.78 is 0. The van der Waals surface area contributed by atoms with E-state index in [1.807, 2.05) is 6.92 Å². The van der Waals surface area contributed by atoms with E-state index < -0.39 is 0 Å². The summed E-state index contributed by atoms with van der Waals surface area (Å²) in [6.07, 6.45) is 6.28. The van der Waals surface area contributed by atoms with E-state index in [9.17, 15) is 9.59 Å². The number of rotatable bonds is 4. The summed E-state index contributed by atoms with van der Waals surface area (Å²) in [5, 5.41) is 2.97. The van der Waals surface area contributed by atoms with Crippen LogP contribution in [0.4, 0.5) is 0 Å². The Labute approximate surface area is 141 Å². The molecule has 24 heavy (non-hydrogen) atoms. The molecule has 0 saturated carbocycles. The number of nitrogens with one attached hydrogen (secondary N) is 2. The number of H-pyrrole nitrogens is 1. The molecule has 5 nitrogen and oxygen atoms in total. The number of benzene rings is 1. The molecular weight excluding hydrogens is 302 g/mol. The molecule has 1 amide bonds. The SMILES string of the molecule is Cc1ncc(CC(=O)NC(C)c2ccc3c(c2)CCCC3)c(=O)[nH]1. The van der Waals surface area contributed by atoms with Gasteiger partial charge in [0.05, 0.1) is 12.5 Å². The standard InChI is InChI=1S/C19H23N3O2/c1-12(15-8-7-14-5-3-4-6-16(14)9-15)21-18(23)10-17-11-20-13(2)22-19(17)24/h7-9,11-12H,3-6,10H2,1-2H3,(H,21,23)(H,20,22,24). The highest BCUT2D eigenvalue weighted by atomic mass is 16.2. The maximum Gasteiger partial charge on any atom is 0.254 e. The molecule has 5 heteroatoms. The van der Waals surface area contributed by atoms with Gasteiger partial charge in [0.1, 0.15) is 5.82 Å². The molecular formula is C19H23N3O2. The fourth-order valence-electron chi connectivity index (χ4n) is 3.21. The zero-order chi connectivity index (χ0) is 17.1. The van der Waals surface area contributed by atoms with E-state index in [2.05, 4.69) is 33.5 Å². The van der Waals surface area contributed by atoms with E-state index in [4.69, 9.17) is 0 Å². The molecule has 1 atom stereocenters. The van der Waals surface area contributed by atoms with Crippen LogP contribution in [0.5, 0.6) is 0 Å². The molecule has 0 fully saturated rings. The first-order valence-corrected chi connectivity index (χ1v) is 8.49. The van der Waals surface area contributed by atoms with Gasteiger partial charge in [0.15, 0.2) is 0 Å². The van der Waals surface area contributed by atoms with Crippen molar-refractivity contribution in [2.24, 2.45) is 0 Å². The summed E-state index contributed by atoms with van der Waals surface area (Å²) in [7, 11) is 0. The quantitative estimate of drug-likeness (QED) is 0.906. The van der Waals surface area contributed by atoms with Crippen molar-refractivity contribution in [1.29, 1.82) is 0 Å². The van der Waals surface area contributed by atoms with Crippen LogP contribution >= 0.6 is 0 Å². The van der Waals surface area contributed by atoms with Crippen LogP contribution in [0.1, 0.15) is 53.9 Å². The molecule has 1 heterocycles. The highest BCUT2D eigenvalue weighted by Gasteiger charge is 2.15. The van der Waals surface area contributed by atoms with Gasteiger partial charge < -0.3 is 10.3 Å². The Bertz CT molecular complexity index is 810. The Kier molecular flexibility index (Phi) is 4.79. The van der Waals surface area contributed by atoms with Crippen LogP contribution < -0.4 is 10.9 Å². The highest BCUT2D eigenvalue weighted by Crippen LogP contribution is 2.24. The fourth-order valence-corrected chi connectivity index (χ4v) is 3.21. The number of nitrogens with zero attached hydrogens (tertiary/aromatic N) is 1. The molecule has 0 bridgehead atoms. The minimum Gasteiger partial charge on any atom is -0.349 e. The van der Waals surface area contributed by atoms with E-state index >= 15 is 0 Å². The number of carbonyl (C=O) groups is 1. The van der Waals surface area contributed by atoms with Crippen molar-refractivity contribution < 1.29 is 4.79 Å². The Morgan fingerprint density at radius 2 is 2.04 bits per heavy atom. The summed E-state index contributed by atoms with van der Waals surface area (Å²) in [4.78, 5) is 30.7. The van der Waals surface area contributed by atoms with Gasteiger partial charge in [-0.05, 0) is 56.2 Å². The van der Waals surface area contributed by atoms with Crippen molar-refractivity contribution >= 4 is 5.91 Å². The molecule has 1 aliphatic carbocycles. The summed E-state index contributed by atoms with van der Waals surface area (Å²) in [6.45, 7) is 3.68. The van der Waals surface area contributed by atoms with Crippen molar-refractivity contribution in [2.75, 3.05) is 0 Å². The lowest BCUT2D eigenvalue weighted by Gasteiger charge is -2.20. The average Bonchev–Trinajstić information content (AvgIpc) is 2.57. The number of fused-ring (bicyclic) bond motifs is 1. The van der Waals surface area contributed by atoms with Crippen LogP contribution in [0, 0.1) is 6.92 Å². The molecule has 2 N–H and O–H groups in total. The maximum absolute atomic E-state index is 12.2. The number of carbonyl (C=O) groups excluding carboxylic acids is 1. The van der Waals surface area contributed by atoms with Gasteiger partial charge in [-0.15, -0.1) is 0 Å². The molecule has 0 radical (unpaired) electrons. The summed E-state index contributed by atoms with van der Waals surface area (Å²) in [5.41, 5.74) is 4.08. The molecule has 0 saturated heterocycles. The predicted octanol–water partition coefficient (Wildman–Crippen LogP) is 2.38. The lowest BCUT2D eigenvalue weighted by molar-refractivity contribution is -0.121. The third-order valence-electron chi connectivity index (χ3n) is 4.60. The van der Waals surface area contributed by atoms with Crippen molar-refractivity contribution in [3.8, 4) is 0 Å². The summed E-state index contributed by atoms with van der Waals surface area (Å²) in [6, 6.07) is 6.40. The van der Waals surface area contributed by atoms with Gasteiger partial charge in [-0.2, -0.15) is 0 Å². The first-order chi connectivity index (χ1) is 11.5. The lowest BCUT2D eigenvalue weighted by atomic mass is 9.89. The molecule has 1 aliphatic rings. The number of hydrogen-bond donors (Lipinski definition) is 2. The third-order valence-corrected chi connectivity index (χ3v) is 4.60. The van der Waals surface area contributed by atoms with Crippen LogP contribution in [-0.2, 0) is 24.1 Å². The van der Waals surface area contributed by atoms with E-state index in [-0.39, 0.29) is 23.9 Å². The van der Waals surface area contributed by atoms with E-state index in [1.54, 1.807) is 6.92 Å². The molecule has 1 aromatic carbocycles. The summed E-state index contributed by atoms with van der Waals surface area (Å²) >= 11 is 0. The Hall–Kier alpha value is -2.43. The Morgan fingerprint density at radius 1 is 1.29 bits per heavy atom. The molecule has 126 valence electrons. The van der Waals surface area contributed by atoms with Crippen LogP contribution in [-0.4, -0.2) is 15.9 Å². The van der Waals surface area contributed by atoms with Gasteiger partial charge in [-0.3, -0.25) is 9.59 Å². The lowest BCUT2D eigenvalue weighted by Crippen LogP contribution is -2.30. The molecule has 0 spiro atoms. The highest BCUT2D eigenvalue weighted by molar-refractivity contribution is 5.78. The maximum atomic E-state index is 12.2. The van der Waals surface area contributed by atoms with Crippen molar-refractivity contribution in [2.45, 2.75) is 52.0 Å². The van der Waals surface area contributed by atoms with Crippen molar-refractivity contribution in [1.82, 2.24) is 15.3 Å². The molecule has 1 aromatic heterocycles. The second kappa shape index (κ2) is 6.99. The van der Waals surface area contributed by atoms with E-state index in [1.165, 1.54) is 30.2 Å². The topological polar surface area (TPSA) is 74.8 Å².